The van der Waals surface area contributed by atoms with Crippen molar-refractivity contribution in [1.29, 1.82) is 0 Å². The van der Waals surface area contributed by atoms with Gasteiger partial charge in [0.25, 0.3) is 0 Å². The molecule has 2 N–H and O–H groups in total. The van der Waals surface area contributed by atoms with Gasteiger partial charge in [0.05, 0.1) is 4.75 Å². The Hall–Kier alpha value is -0.0900. The molecule has 1 saturated carbocycles. The fraction of sp³-hybridized carbons (Fsp3) is 0.941. The van der Waals surface area contributed by atoms with Gasteiger partial charge in [-0.2, -0.15) is 0 Å². The Bertz CT molecular complexity index is 547. The van der Waals surface area contributed by atoms with Crippen molar-refractivity contribution in [3.05, 3.63) is 0 Å². The summed E-state index contributed by atoms with van der Waals surface area (Å²) in [5.74, 6) is 0.703. The predicted molar refractivity (Wildman–Crippen MR) is 114 cm³/mol. The van der Waals surface area contributed by atoms with Gasteiger partial charge in [0.15, 0.2) is 15.8 Å². The number of rotatable bonds is 4. The van der Waals surface area contributed by atoms with Gasteiger partial charge in [0, 0.05) is 39.1 Å². The van der Waals surface area contributed by atoms with Gasteiger partial charge in [-0.1, -0.05) is 13.8 Å². The zero-order valence-electron chi connectivity index (χ0n) is 15.9. The van der Waals surface area contributed by atoms with E-state index in [0.29, 0.717) is 50.0 Å². The first-order valence-electron chi connectivity index (χ1n) is 8.92. The van der Waals surface area contributed by atoms with Gasteiger partial charge in [-0.25, -0.2) is 8.42 Å². The first kappa shape index (κ1) is 23.0. The second-order valence-electron chi connectivity index (χ2n) is 8.08. The molecule has 1 heterocycles. The number of nitrogens with zero attached hydrogens (tertiary/aromatic N) is 1. The number of halogens is 1. The van der Waals surface area contributed by atoms with Crippen LogP contribution >= 0.6 is 24.0 Å². The summed E-state index contributed by atoms with van der Waals surface area (Å²) in [5, 5.41) is 6.72. The van der Waals surface area contributed by atoms with Gasteiger partial charge in [0.1, 0.15) is 0 Å². The van der Waals surface area contributed by atoms with Crippen LogP contribution in [0, 0.1) is 5.41 Å². The molecular weight excluding hydrogens is 453 g/mol. The van der Waals surface area contributed by atoms with Crippen molar-refractivity contribution in [2.45, 2.75) is 63.2 Å². The normalized spacial score (nSPS) is 24.2. The molecule has 0 radical (unpaired) electrons. The molecular formula is C17H34IN3O3S. The summed E-state index contributed by atoms with van der Waals surface area (Å²) in [6.07, 6.45) is 7.05. The van der Waals surface area contributed by atoms with Crippen LogP contribution in [0.3, 0.4) is 0 Å². The fourth-order valence-corrected chi connectivity index (χ4v) is 4.84. The number of nitrogens with one attached hydrogen (secondary N) is 2. The van der Waals surface area contributed by atoms with E-state index in [0.717, 1.165) is 12.8 Å². The molecule has 1 saturated heterocycles. The summed E-state index contributed by atoms with van der Waals surface area (Å²) in [5.41, 5.74) is 0.428. The summed E-state index contributed by atoms with van der Waals surface area (Å²) in [4.78, 5) is 4.28. The van der Waals surface area contributed by atoms with Crippen molar-refractivity contribution in [3.8, 4) is 0 Å². The minimum atomic E-state index is -3.17. The second kappa shape index (κ2) is 9.21. The molecule has 2 fully saturated rings. The van der Waals surface area contributed by atoms with Crippen LogP contribution in [0.4, 0.5) is 0 Å². The molecule has 0 atom stereocenters. The van der Waals surface area contributed by atoms with E-state index in [1.165, 1.54) is 19.1 Å². The maximum absolute atomic E-state index is 12.3. The van der Waals surface area contributed by atoms with Crippen LogP contribution in [-0.2, 0) is 14.6 Å². The Labute approximate surface area is 169 Å². The zero-order chi connectivity index (χ0) is 17.8. The van der Waals surface area contributed by atoms with E-state index in [1.807, 2.05) is 0 Å². The monoisotopic (exact) mass is 487 g/mol. The van der Waals surface area contributed by atoms with Crippen LogP contribution in [0.1, 0.15) is 52.4 Å². The molecule has 1 aliphatic carbocycles. The van der Waals surface area contributed by atoms with Gasteiger partial charge in [-0.15, -0.1) is 24.0 Å². The summed E-state index contributed by atoms with van der Waals surface area (Å²) in [6, 6.07) is 0.410. The van der Waals surface area contributed by atoms with E-state index >= 15 is 0 Å². The highest BCUT2D eigenvalue weighted by molar-refractivity contribution is 14.0. The Morgan fingerprint density at radius 1 is 1.16 bits per heavy atom. The lowest BCUT2D eigenvalue weighted by Gasteiger charge is -2.37. The van der Waals surface area contributed by atoms with Crippen LogP contribution in [0.25, 0.3) is 0 Å². The van der Waals surface area contributed by atoms with Crippen molar-refractivity contribution in [2.24, 2.45) is 10.4 Å². The van der Waals surface area contributed by atoms with E-state index < -0.39 is 14.6 Å². The molecule has 148 valence electrons. The molecule has 0 aromatic heterocycles. The van der Waals surface area contributed by atoms with Gasteiger partial charge in [-0.3, -0.25) is 4.99 Å². The molecule has 0 bridgehead atoms. The van der Waals surface area contributed by atoms with Crippen LogP contribution in [0.5, 0.6) is 0 Å². The summed E-state index contributed by atoms with van der Waals surface area (Å²) in [6.45, 7) is 6.01. The molecule has 1 aliphatic heterocycles. The van der Waals surface area contributed by atoms with Crippen molar-refractivity contribution >= 4 is 39.8 Å². The molecule has 0 unspecified atom stereocenters. The smallest absolute Gasteiger partial charge is 0.191 e. The molecule has 0 spiro atoms. The van der Waals surface area contributed by atoms with Crippen molar-refractivity contribution < 1.29 is 13.2 Å². The second-order valence-corrected chi connectivity index (χ2v) is 10.5. The lowest BCUT2D eigenvalue weighted by molar-refractivity contribution is 0.0756. The lowest BCUT2D eigenvalue weighted by Crippen LogP contribution is -2.55. The lowest BCUT2D eigenvalue weighted by atomic mass is 9.75. The van der Waals surface area contributed by atoms with E-state index in [1.54, 1.807) is 7.05 Å². The molecule has 2 aliphatic rings. The number of hydrogen-bond donors (Lipinski definition) is 2. The van der Waals surface area contributed by atoms with E-state index in [2.05, 4.69) is 29.5 Å². The van der Waals surface area contributed by atoms with Gasteiger partial charge < -0.3 is 15.4 Å². The molecule has 2 rings (SSSR count). The van der Waals surface area contributed by atoms with Crippen LogP contribution in [0.15, 0.2) is 4.99 Å². The molecule has 25 heavy (non-hydrogen) atoms. The summed E-state index contributed by atoms with van der Waals surface area (Å²) >= 11 is 0. The molecule has 0 aromatic carbocycles. The summed E-state index contributed by atoms with van der Waals surface area (Å²) in [7, 11) is -1.43. The molecule has 0 aromatic rings. The first-order valence-corrected chi connectivity index (χ1v) is 10.8. The number of hydrogen-bond acceptors (Lipinski definition) is 4. The van der Waals surface area contributed by atoms with Crippen LogP contribution in [-0.4, -0.2) is 58.2 Å². The Kier molecular flexibility index (Phi) is 8.46. The van der Waals surface area contributed by atoms with E-state index in [-0.39, 0.29) is 24.0 Å². The predicted octanol–water partition coefficient (Wildman–Crippen LogP) is 2.33. The third-order valence-corrected chi connectivity index (χ3v) is 7.80. The third-order valence-electron chi connectivity index (χ3n) is 5.67. The van der Waals surface area contributed by atoms with Crippen molar-refractivity contribution in [3.63, 3.8) is 0 Å². The topological polar surface area (TPSA) is 79.8 Å². The van der Waals surface area contributed by atoms with Crippen molar-refractivity contribution in [1.82, 2.24) is 10.6 Å². The number of sulfone groups is 1. The number of aliphatic imine (C=N–C) groups is 1. The SMILES string of the molecule is CN=C(NCC1(S(C)(=O)=O)CCOCC1)NC1CCC(C)(C)CC1.I. The molecule has 6 nitrogen and oxygen atoms in total. The van der Waals surface area contributed by atoms with Gasteiger partial charge in [0.2, 0.25) is 0 Å². The first-order chi connectivity index (χ1) is 11.2. The fourth-order valence-electron chi connectivity index (χ4n) is 3.60. The largest absolute Gasteiger partial charge is 0.381 e. The minimum absolute atomic E-state index is 0. The maximum atomic E-state index is 12.3. The highest BCUT2D eigenvalue weighted by Crippen LogP contribution is 2.35. The van der Waals surface area contributed by atoms with Crippen LogP contribution in [0.2, 0.25) is 0 Å². The average Bonchev–Trinajstić information content (AvgIpc) is 2.53. The Morgan fingerprint density at radius 2 is 1.72 bits per heavy atom. The van der Waals surface area contributed by atoms with E-state index in [4.69, 9.17) is 4.74 Å². The zero-order valence-corrected chi connectivity index (χ0v) is 19.1. The highest BCUT2D eigenvalue weighted by atomic mass is 127. The number of ether oxygens (including phenoxy) is 1. The standard InChI is InChI=1S/C17H33N3O3S.HI/c1-16(2)7-5-14(6-8-16)20-15(18-3)19-13-17(24(4,21)22)9-11-23-12-10-17;/h14H,5-13H2,1-4H3,(H2,18,19,20);1H. The molecule has 0 amide bonds. The summed E-state index contributed by atoms with van der Waals surface area (Å²) < 4.78 is 29.2. The van der Waals surface area contributed by atoms with Crippen molar-refractivity contribution in [2.75, 3.05) is 33.1 Å². The Balaban J connectivity index is 0.00000312. The Morgan fingerprint density at radius 3 is 2.20 bits per heavy atom. The molecule has 8 heteroatoms. The maximum Gasteiger partial charge on any atom is 0.191 e. The van der Waals surface area contributed by atoms with Gasteiger partial charge >= 0.3 is 0 Å². The van der Waals surface area contributed by atoms with E-state index in [9.17, 15) is 8.42 Å². The highest BCUT2D eigenvalue weighted by Gasteiger charge is 2.42. The minimum Gasteiger partial charge on any atom is -0.381 e. The number of guanidine groups is 1. The quantitative estimate of drug-likeness (QED) is 0.362. The van der Waals surface area contributed by atoms with Crippen LogP contribution < -0.4 is 10.6 Å². The van der Waals surface area contributed by atoms with Gasteiger partial charge in [-0.05, 0) is 43.9 Å². The third kappa shape index (κ3) is 6.23. The average molecular weight is 487 g/mol.